The molecular weight excluding hydrogens is 334 g/mol. The first-order valence-corrected chi connectivity index (χ1v) is 9.86. The van der Waals surface area contributed by atoms with Crippen LogP contribution in [0.4, 0.5) is 5.69 Å². The molecule has 2 aromatic carbocycles. The molecular formula is C24H23NO2. The fourth-order valence-corrected chi connectivity index (χ4v) is 4.79. The van der Waals surface area contributed by atoms with Gasteiger partial charge in [0.25, 0.3) is 0 Å². The molecule has 0 N–H and O–H groups in total. The maximum absolute atomic E-state index is 12.5. The predicted molar refractivity (Wildman–Crippen MR) is 111 cm³/mol. The highest BCUT2D eigenvalue weighted by atomic mass is 16.4. The topological polar surface area (TPSA) is 33.5 Å². The summed E-state index contributed by atoms with van der Waals surface area (Å²) >= 11 is 0. The van der Waals surface area contributed by atoms with Crippen molar-refractivity contribution >= 4 is 22.2 Å². The molecule has 0 saturated carbocycles. The Morgan fingerprint density at radius 3 is 2.63 bits per heavy atom. The van der Waals surface area contributed by atoms with Gasteiger partial charge in [0.2, 0.25) is 0 Å². The van der Waals surface area contributed by atoms with Crippen molar-refractivity contribution in [3.8, 4) is 0 Å². The molecule has 0 unspecified atom stereocenters. The molecule has 3 heteroatoms. The molecule has 0 atom stereocenters. The van der Waals surface area contributed by atoms with Gasteiger partial charge in [-0.25, -0.2) is 4.79 Å². The summed E-state index contributed by atoms with van der Waals surface area (Å²) in [5, 5.41) is 1.07. The number of anilines is 1. The molecule has 3 nitrogen and oxygen atoms in total. The van der Waals surface area contributed by atoms with Crippen LogP contribution in [-0.2, 0) is 12.8 Å². The van der Waals surface area contributed by atoms with Crippen LogP contribution in [-0.4, -0.2) is 13.1 Å². The van der Waals surface area contributed by atoms with Gasteiger partial charge < -0.3 is 9.32 Å². The first-order chi connectivity index (χ1) is 13.3. The highest BCUT2D eigenvalue weighted by Gasteiger charge is 2.28. The minimum absolute atomic E-state index is 0.267. The summed E-state index contributed by atoms with van der Waals surface area (Å²) in [6.45, 7) is 4.26. The van der Waals surface area contributed by atoms with Crippen LogP contribution in [0.1, 0.15) is 42.0 Å². The lowest BCUT2D eigenvalue weighted by Crippen LogP contribution is -2.34. The van der Waals surface area contributed by atoms with Crippen LogP contribution in [0.5, 0.6) is 0 Å². The van der Waals surface area contributed by atoms with Crippen LogP contribution >= 0.6 is 0 Å². The highest BCUT2D eigenvalue weighted by Crippen LogP contribution is 2.41. The average molecular weight is 357 g/mol. The lowest BCUT2D eigenvalue weighted by Gasteiger charge is -2.37. The summed E-state index contributed by atoms with van der Waals surface area (Å²) in [5.74, 6) is 0. The van der Waals surface area contributed by atoms with Crippen molar-refractivity contribution in [2.45, 2.75) is 32.6 Å². The van der Waals surface area contributed by atoms with E-state index < -0.39 is 0 Å². The van der Waals surface area contributed by atoms with Gasteiger partial charge in [0.1, 0.15) is 5.58 Å². The monoisotopic (exact) mass is 357 g/mol. The van der Waals surface area contributed by atoms with E-state index in [0.717, 1.165) is 60.0 Å². The first kappa shape index (κ1) is 16.4. The highest BCUT2D eigenvalue weighted by molar-refractivity contribution is 5.99. The molecule has 2 aliphatic rings. The van der Waals surface area contributed by atoms with Gasteiger partial charge in [0.05, 0.1) is 0 Å². The quantitative estimate of drug-likeness (QED) is 0.609. The molecule has 1 aromatic heterocycles. The molecule has 0 amide bonds. The smallest absolute Gasteiger partial charge is 0.336 e. The van der Waals surface area contributed by atoms with Gasteiger partial charge in [-0.15, -0.1) is 0 Å². The lowest BCUT2D eigenvalue weighted by atomic mass is 9.87. The minimum atomic E-state index is -0.267. The molecule has 27 heavy (non-hydrogen) atoms. The molecule has 2 aliphatic heterocycles. The summed E-state index contributed by atoms with van der Waals surface area (Å²) in [6, 6.07) is 14.2. The Bertz CT molecular complexity index is 1110. The number of allylic oxidation sites excluding steroid dienone is 1. The van der Waals surface area contributed by atoms with Gasteiger partial charge in [0, 0.05) is 41.4 Å². The summed E-state index contributed by atoms with van der Waals surface area (Å²) in [4.78, 5) is 15.0. The third-order valence-corrected chi connectivity index (χ3v) is 5.89. The van der Waals surface area contributed by atoms with Gasteiger partial charge >= 0.3 is 5.63 Å². The minimum Gasteiger partial charge on any atom is -0.422 e. The van der Waals surface area contributed by atoms with E-state index in [0.29, 0.717) is 0 Å². The van der Waals surface area contributed by atoms with Gasteiger partial charge in [-0.05, 0) is 55.4 Å². The number of benzene rings is 2. The Kier molecular flexibility index (Phi) is 3.89. The van der Waals surface area contributed by atoms with E-state index in [4.69, 9.17) is 4.42 Å². The maximum Gasteiger partial charge on any atom is 0.336 e. The van der Waals surface area contributed by atoms with Gasteiger partial charge in [0.15, 0.2) is 0 Å². The van der Waals surface area contributed by atoms with Crippen molar-refractivity contribution in [1.29, 1.82) is 0 Å². The Morgan fingerprint density at radius 2 is 1.85 bits per heavy atom. The van der Waals surface area contributed by atoms with E-state index in [1.807, 2.05) is 25.1 Å². The Balaban J connectivity index is 1.83. The zero-order valence-corrected chi connectivity index (χ0v) is 15.6. The van der Waals surface area contributed by atoms with Crippen molar-refractivity contribution in [2.24, 2.45) is 0 Å². The third kappa shape index (κ3) is 2.61. The molecule has 3 heterocycles. The molecule has 0 spiro atoms. The van der Waals surface area contributed by atoms with E-state index in [1.54, 1.807) is 6.07 Å². The molecule has 0 saturated heterocycles. The Morgan fingerprint density at radius 1 is 1.07 bits per heavy atom. The Hall–Kier alpha value is -2.81. The fraction of sp³-hybridized carbons (Fsp3) is 0.292. The number of rotatable bonds is 2. The van der Waals surface area contributed by atoms with E-state index in [1.165, 1.54) is 23.2 Å². The van der Waals surface area contributed by atoms with E-state index in [-0.39, 0.29) is 5.63 Å². The molecule has 5 rings (SSSR count). The Labute approximate surface area is 158 Å². The van der Waals surface area contributed by atoms with E-state index in [2.05, 4.69) is 29.2 Å². The van der Waals surface area contributed by atoms with Crippen molar-refractivity contribution in [2.75, 3.05) is 18.0 Å². The van der Waals surface area contributed by atoms with Gasteiger partial charge in [-0.2, -0.15) is 0 Å². The molecule has 0 radical (unpaired) electrons. The largest absolute Gasteiger partial charge is 0.422 e. The number of hydrogen-bond acceptors (Lipinski definition) is 3. The van der Waals surface area contributed by atoms with E-state index in [9.17, 15) is 4.79 Å². The average Bonchev–Trinajstić information content (AvgIpc) is 2.70. The van der Waals surface area contributed by atoms with Crippen molar-refractivity contribution in [1.82, 2.24) is 0 Å². The summed E-state index contributed by atoms with van der Waals surface area (Å²) < 4.78 is 5.79. The van der Waals surface area contributed by atoms with Crippen LogP contribution in [0, 0.1) is 0 Å². The number of hydrogen-bond donors (Lipinski definition) is 0. The molecule has 0 fully saturated rings. The van der Waals surface area contributed by atoms with Gasteiger partial charge in [-0.3, -0.25) is 0 Å². The van der Waals surface area contributed by atoms with Crippen molar-refractivity contribution in [3.05, 3.63) is 81.2 Å². The van der Waals surface area contributed by atoms with Crippen LogP contribution in [0.3, 0.4) is 0 Å². The van der Waals surface area contributed by atoms with Crippen LogP contribution in [0.25, 0.3) is 16.5 Å². The second kappa shape index (κ2) is 6.41. The van der Waals surface area contributed by atoms with Crippen molar-refractivity contribution < 1.29 is 4.42 Å². The molecule has 0 bridgehead atoms. The van der Waals surface area contributed by atoms with Crippen LogP contribution in [0.2, 0.25) is 0 Å². The maximum atomic E-state index is 12.5. The second-order valence-electron chi connectivity index (χ2n) is 7.48. The fourth-order valence-electron chi connectivity index (χ4n) is 4.79. The number of fused-ring (bicyclic) bond motifs is 2. The molecule has 3 aromatic rings. The number of aryl methyl sites for hydroxylation is 2. The van der Waals surface area contributed by atoms with Crippen LogP contribution in [0.15, 0.2) is 57.8 Å². The standard InChI is InChI=1S/C24H23NO2/c1-2-18(16-8-4-3-5-9-16)20-15-22(26)27-24-19-11-7-13-25-12-6-10-17(23(19)25)14-21(20)24/h2-5,8-9,14-15H,6-7,10-13H2,1H3. The second-order valence-corrected chi connectivity index (χ2v) is 7.48. The third-order valence-electron chi connectivity index (χ3n) is 5.89. The predicted octanol–water partition coefficient (Wildman–Crippen LogP) is 4.94. The molecule has 0 aliphatic carbocycles. The van der Waals surface area contributed by atoms with Gasteiger partial charge in [-0.1, -0.05) is 36.4 Å². The zero-order chi connectivity index (χ0) is 18.4. The first-order valence-electron chi connectivity index (χ1n) is 9.86. The summed E-state index contributed by atoms with van der Waals surface area (Å²) in [7, 11) is 0. The zero-order valence-electron chi connectivity index (χ0n) is 15.6. The summed E-state index contributed by atoms with van der Waals surface area (Å²) in [6.07, 6.45) is 6.50. The molecule has 136 valence electrons. The van der Waals surface area contributed by atoms with E-state index >= 15 is 0 Å². The number of nitrogens with zero attached hydrogens (tertiary/aromatic N) is 1. The van der Waals surface area contributed by atoms with Crippen molar-refractivity contribution in [3.63, 3.8) is 0 Å². The SMILES string of the molecule is CC=C(c1ccccc1)c1cc(=O)oc2c3c4c(cc12)CCCN4CCC3. The lowest BCUT2D eigenvalue weighted by molar-refractivity contribution is 0.549. The normalized spacial score (nSPS) is 16.5. The summed E-state index contributed by atoms with van der Waals surface area (Å²) in [5.41, 5.74) is 7.69. The van der Waals surface area contributed by atoms with Crippen LogP contribution < -0.4 is 10.5 Å².